The van der Waals surface area contributed by atoms with Crippen LogP contribution in [0, 0.1) is 0 Å². The number of anilines is 3. The van der Waals surface area contributed by atoms with Gasteiger partial charge in [0.2, 0.25) is 0 Å². The highest BCUT2D eigenvalue weighted by Crippen LogP contribution is 2.56. The predicted molar refractivity (Wildman–Crippen MR) is 238 cm³/mol. The largest absolute Gasteiger partial charge is 0.310 e. The molecular formula is C54H36N2. The van der Waals surface area contributed by atoms with E-state index < -0.39 is 0 Å². The van der Waals surface area contributed by atoms with Crippen molar-refractivity contribution in [2.24, 2.45) is 0 Å². The zero-order valence-corrected chi connectivity index (χ0v) is 30.8. The molecule has 1 aromatic heterocycles. The third-order valence-corrected chi connectivity index (χ3v) is 12.1. The van der Waals surface area contributed by atoms with Gasteiger partial charge in [-0.1, -0.05) is 146 Å². The van der Waals surface area contributed by atoms with E-state index in [1.54, 1.807) is 0 Å². The van der Waals surface area contributed by atoms with E-state index >= 15 is 0 Å². The van der Waals surface area contributed by atoms with E-state index in [-0.39, 0.29) is 0 Å². The molecule has 10 aromatic rings. The third kappa shape index (κ3) is 4.56. The molecule has 12 rings (SSSR count). The average molecular weight is 713 g/mol. The number of aromatic nitrogens is 1. The second-order valence-corrected chi connectivity index (χ2v) is 15.2. The minimum absolute atomic E-state index is 1.04. The first-order valence-corrected chi connectivity index (χ1v) is 19.7. The smallest absolute Gasteiger partial charge is 0.0562 e. The summed E-state index contributed by atoms with van der Waals surface area (Å²) in [5.74, 6) is 0. The Balaban J connectivity index is 1.16. The van der Waals surface area contributed by atoms with Crippen LogP contribution in [0.2, 0.25) is 0 Å². The number of fused-ring (bicyclic) bond motifs is 9. The fourth-order valence-electron chi connectivity index (χ4n) is 9.69. The number of nitrogens with zero attached hydrogens (tertiary/aromatic N) is 2. The fourth-order valence-corrected chi connectivity index (χ4v) is 9.69. The quantitative estimate of drug-likeness (QED) is 0.161. The van der Waals surface area contributed by atoms with Crippen molar-refractivity contribution in [1.29, 1.82) is 0 Å². The minimum atomic E-state index is 1.04. The first-order valence-electron chi connectivity index (χ1n) is 19.7. The van der Waals surface area contributed by atoms with Crippen molar-refractivity contribution in [3.63, 3.8) is 0 Å². The van der Waals surface area contributed by atoms with E-state index in [4.69, 9.17) is 0 Å². The van der Waals surface area contributed by atoms with Gasteiger partial charge in [0.1, 0.15) is 0 Å². The van der Waals surface area contributed by atoms with Gasteiger partial charge in [-0.05, 0) is 111 Å². The molecule has 2 aliphatic carbocycles. The highest BCUT2D eigenvalue weighted by Gasteiger charge is 2.30. The Hall–Kier alpha value is -7.16. The van der Waals surface area contributed by atoms with Crippen LogP contribution in [0.15, 0.2) is 188 Å². The van der Waals surface area contributed by atoms with Crippen LogP contribution in [-0.4, -0.2) is 4.57 Å². The number of benzene rings is 9. The van der Waals surface area contributed by atoms with Crippen molar-refractivity contribution in [2.45, 2.75) is 12.8 Å². The third-order valence-electron chi connectivity index (χ3n) is 12.1. The summed E-state index contributed by atoms with van der Waals surface area (Å²) in [5, 5.41) is 7.68. The summed E-state index contributed by atoms with van der Waals surface area (Å²) >= 11 is 0. The second kappa shape index (κ2) is 12.2. The first-order chi connectivity index (χ1) is 27.8. The summed E-state index contributed by atoms with van der Waals surface area (Å²) in [6.07, 6.45) is 6.69. The molecule has 0 radical (unpaired) electrons. The summed E-state index contributed by atoms with van der Waals surface area (Å²) in [6.45, 7) is 0. The standard InChI is InChI=1S/C54H36N2/c1-2-15-36(16-3-1)42-20-8-10-25-48(42)56-49-26-11-9-22-44(49)45-31-30-41(34-51(45)56)55(40-29-28-35-14-4-5-17-37(35)33-40)50-27-13-24-47-46-23-12-19-39-32-38-18-6-7-21-43(38)54(52(39)46)53(47)50/h1-4,6-16,18-34H,5,17H2. The van der Waals surface area contributed by atoms with Crippen LogP contribution in [0.4, 0.5) is 17.1 Å². The molecule has 0 spiro atoms. The molecule has 0 amide bonds. The van der Waals surface area contributed by atoms with Gasteiger partial charge in [-0.3, -0.25) is 0 Å². The molecule has 0 N–H and O–H groups in total. The molecule has 0 fully saturated rings. The molecule has 0 bridgehead atoms. The molecule has 2 heteroatoms. The van der Waals surface area contributed by atoms with E-state index in [1.807, 2.05) is 0 Å². The Kier molecular flexibility index (Phi) is 6.79. The van der Waals surface area contributed by atoms with Crippen LogP contribution in [0.3, 0.4) is 0 Å². The lowest BCUT2D eigenvalue weighted by molar-refractivity contribution is 0.984. The van der Waals surface area contributed by atoms with Crippen molar-refractivity contribution in [3.8, 4) is 39.1 Å². The molecular weight excluding hydrogens is 677 g/mol. The molecule has 262 valence electrons. The van der Waals surface area contributed by atoms with Crippen LogP contribution in [0.1, 0.15) is 17.5 Å². The second-order valence-electron chi connectivity index (χ2n) is 15.2. The number of para-hydroxylation sites is 2. The zero-order chi connectivity index (χ0) is 36.7. The van der Waals surface area contributed by atoms with E-state index in [0.717, 1.165) is 18.5 Å². The lowest BCUT2D eigenvalue weighted by Crippen LogP contribution is -2.12. The Morgan fingerprint density at radius 1 is 0.464 bits per heavy atom. The molecule has 0 aliphatic heterocycles. The summed E-state index contributed by atoms with van der Waals surface area (Å²) in [4.78, 5) is 2.53. The van der Waals surface area contributed by atoms with Gasteiger partial charge in [-0.2, -0.15) is 0 Å². The summed E-state index contributed by atoms with van der Waals surface area (Å²) in [6, 6.07) is 67.6. The Labute approximate surface area is 325 Å². The number of aryl methyl sites for hydroxylation is 1. The maximum Gasteiger partial charge on any atom is 0.0562 e. The number of hydrogen-bond acceptors (Lipinski definition) is 1. The molecule has 0 saturated carbocycles. The highest BCUT2D eigenvalue weighted by molar-refractivity contribution is 6.26. The molecule has 1 heterocycles. The van der Waals surface area contributed by atoms with E-state index in [9.17, 15) is 0 Å². The minimum Gasteiger partial charge on any atom is -0.310 e. The molecule has 56 heavy (non-hydrogen) atoms. The summed E-state index contributed by atoms with van der Waals surface area (Å²) < 4.78 is 2.48. The predicted octanol–water partition coefficient (Wildman–Crippen LogP) is 14.8. The topological polar surface area (TPSA) is 8.17 Å². The Bertz CT molecular complexity index is 3250. The van der Waals surface area contributed by atoms with Gasteiger partial charge < -0.3 is 9.47 Å². The zero-order valence-electron chi connectivity index (χ0n) is 30.8. The lowest BCUT2D eigenvalue weighted by Gasteiger charge is -2.29. The maximum atomic E-state index is 2.53. The van der Waals surface area contributed by atoms with Crippen molar-refractivity contribution in [1.82, 2.24) is 4.57 Å². The van der Waals surface area contributed by atoms with Crippen LogP contribution in [-0.2, 0) is 6.42 Å². The van der Waals surface area contributed by atoms with Gasteiger partial charge in [-0.15, -0.1) is 0 Å². The number of rotatable bonds is 5. The highest BCUT2D eigenvalue weighted by atomic mass is 15.1. The average Bonchev–Trinajstić information content (AvgIpc) is 3.78. The summed E-state index contributed by atoms with van der Waals surface area (Å²) in [5.41, 5.74) is 17.4. The molecule has 9 aromatic carbocycles. The first kappa shape index (κ1) is 31.2. The number of hydrogen-bond donors (Lipinski definition) is 0. The normalized spacial score (nSPS) is 12.8. The molecule has 0 atom stereocenters. The van der Waals surface area contributed by atoms with Crippen molar-refractivity contribution in [3.05, 3.63) is 199 Å². The van der Waals surface area contributed by atoms with Crippen molar-refractivity contribution >= 4 is 66.5 Å². The SMILES string of the molecule is C1=Cc2ccc(N(c3ccc4c5ccccc5n(-c5ccccc5-c5ccccc5)c4c3)c3cccc4c3-c3c5ccccc5cc5cccc-4c35)cc2CC1. The fraction of sp³-hybridized carbons (Fsp3) is 0.0370. The maximum absolute atomic E-state index is 2.53. The van der Waals surface area contributed by atoms with Gasteiger partial charge in [0.25, 0.3) is 0 Å². The van der Waals surface area contributed by atoms with Gasteiger partial charge in [0.05, 0.1) is 22.4 Å². The van der Waals surface area contributed by atoms with Crippen molar-refractivity contribution < 1.29 is 0 Å². The van der Waals surface area contributed by atoms with Crippen LogP contribution < -0.4 is 4.90 Å². The monoisotopic (exact) mass is 712 g/mol. The van der Waals surface area contributed by atoms with Crippen LogP contribution >= 0.6 is 0 Å². The van der Waals surface area contributed by atoms with Crippen LogP contribution in [0.5, 0.6) is 0 Å². The molecule has 2 aliphatic rings. The van der Waals surface area contributed by atoms with Gasteiger partial charge in [0, 0.05) is 38.8 Å². The van der Waals surface area contributed by atoms with E-state index in [0.29, 0.717) is 0 Å². The Morgan fingerprint density at radius 2 is 1.18 bits per heavy atom. The van der Waals surface area contributed by atoms with Gasteiger partial charge >= 0.3 is 0 Å². The summed E-state index contributed by atoms with van der Waals surface area (Å²) in [7, 11) is 0. The van der Waals surface area contributed by atoms with Crippen LogP contribution in [0.25, 0.3) is 88.5 Å². The Morgan fingerprint density at radius 3 is 2.12 bits per heavy atom. The molecule has 2 nitrogen and oxygen atoms in total. The molecule has 0 saturated heterocycles. The number of allylic oxidation sites excluding steroid dienone is 1. The lowest BCUT2D eigenvalue weighted by atomic mass is 9.93. The molecule has 0 unspecified atom stereocenters. The van der Waals surface area contributed by atoms with E-state index in [1.165, 1.54) is 105 Å². The van der Waals surface area contributed by atoms with Gasteiger partial charge in [-0.25, -0.2) is 0 Å². The van der Waals surface area contributed by atoms with Gasteiger partial charge in [0.15, 0.2) is 0 Å². The van der Waals surface area contributed by atoms with Crippen molar-refractivity contribution in [2.75, 3.05) is 4.90 Å². The van der Waals surface area contributed by atoms with E-state index in [2.05, 4.69) is 204 Å².